The largest absolute Gasteiger partial charge is 0.314 e. The van der Waals surface area contributed by atoms with Gasteiger partial charge in [0.2, 0.25) is 0 Å². The van der Waals surface area contributed by atoms with E-state index in [9.17, 15) is 22.0 Å². The van der Waals surface area contributed by atoms with E-state index >= 15 is 0 Å². The highest BCUT2D eigenvalue weighted by Crippen LogP contribution is 2.24. The van der Waals surface area contributed by atoms with Gasteiger partial charge in [-0.15, -0.1) is 0 Å². The normalized spacial score (nSPS) is 12.3. The van der Waals surface area contributed by atoms with Crippen molar-refractivity contribution in [3.63, 3.8) is 0 Å². The number of para-hydroxylation sites is 1. The molecule has 0 aliphatic carbocycles. The topological polar surface area (TPSA) is 71.7 Å². The molecule has 0 fully saturated rings. The molecule has 4 rings (SSSR count). The molecule has 176 valence electrons. The molecule has 3 aromatic carbocycles. The lowest BCUT2D eigenvalue weighted by atomic mass is 10.2. The lowest BCUT2D eigenvalue weighted by Gasteiger charge is -2.19. The molecular formula is C24H21F2N3O3S2. The highest BCUT2D eigenvalue weighted by atomic mass is 32.2. The van der Waals surface area contributed by atoms with E-state index in [-0.39, 0.29) is 20.8 Å². The SMILES string of the molecule is CCCn1c(=NC(=O)c2ccc(S(=O)(=O)N(C)c3ccccc3)cc2)sc2cc(F)cc(F)c21. The molecule has 34 heavy (non-hydrogen) atoms. The molecule has 1 aromatic heterocycles. The maximum atomic E-state index is 14.4. The second kappa shape index (κ2) is 9.47. The molecule has 0 aliphatic heterocycles. The zero-order valence-electron chi connectivity index (χ0n) is 18.4. The third-order valence-electron chi connectivity index (χ3n) is 5.22. The van der Waals surface area contributed by atoms with Crippen molar-refractivity contribution < 1.29 is 22.0 Å². The lowest BCUT2D eigenvalue weighted by Crippen LogP contribution is -2.26. The van der Waals surface area contributed by atoms with Crippen molar-refractivity contribution in [3.05, 3.63) is 88.7 Å². The molecule has 0 saturated heterocycles. The highest BCUT2D eigenvalue weighted by molar-refractivity contribution is 7.92. The van der Waals surface area contributed by atoms with E-state index in [4.69, 9.17) is 0 Å². The summed E-state index contributed by atoms with van der Waals surface area (Å²) in [6.07, 6.45) is 0.658. The minimum Gasteiger partial charge on any atom is -0.314 e. The molecule has 0 spiro atoms. The van der Waals surface area contributed by atoms with Crippen LogP contribution in [0, 0.1) is 11.6 Å². The molecule has 0 aliphatic rings. The third-order valence-corrected chi connectivity index (χ3v) is 8.04. The standard InChI is InChI=1S/C24H21F2N3O3S2/c1-3-13-29-22-20(26)14-17(25)15-21(22)33-24(29)27-23(30)16-9-11-19(12-10-16)34(31,32)28(2)18-7-5-4-6-8-18/h4-12,14-15H,3,13H2,1-2H3. The number of hydrogen-bond acceptors (Lipinski definition) is 4. The van der Waals surface area contributed by atoms with Gasteiger partial charge in [0.15, 0.2) is 10.6 Å². The van der Waals surface area contributed by atoms with Crippen molar-refractivity contribution in [1.82, 2.24) is 4.57 Å². The van der Waals surface area contributed by atoms with Gasteiger partial charge in [-0.3, -0.25) is 9.10 Å². The molecule has 0 atom stereocenters. The Labute approximate surface area is 199 Å². The number of benzene rings is 3. The number of aryl methyl sites for hydroxylation is 1. The predicted octanol–water partition coefficient (Wildman–Crippen LogP) is 4.96. The first-order valence-electron chi connectivity index (χ1n) is 10.4. The quantitative estimate of drug-likeness (QED) is 0.375. The Kier molecular flexibility index (Phi) is 6.63. The molecule has 4 aromatic rings. The van der Waals surface area contributed by atoms with Gasteiger partial charge in [-0.25, -0.2) is 17.2 Å². The fourth-order valence-corrected chi connectivity index (χ4v) is 5.79. The molecule has 0 radical (unpaired) electrons. The molecule has 0 bridgehead atoms. The van der Waals surface area contributed by atoms with Crippen LogP contribution in [-0.4, -0.2) is 25.9 Å². The van der Waals surface area contributed by atoms with Crippen molar-refractivity contribution in [2.24, 2.45) is 4.99 Å². The zero-order chi connectivity index (χ0) is 24.5. The summed E-state index contributed by atoms with van der Waals surface area (Å²) in [5, 5.41) is 0. The Balaban J connectivity index is 1.68. The van der Waals surface area contributed by atoms with Gasteiger partial charge >= 0.3 is 0 Å². The van der Waals surface area contributed by atoms with Gasteiger partial charge in [0, 0.05) is 25.2 Å². The molecule has 0 saturated carbocycles. The van der Waals surface area contributed by atoms with Gasteiger partial charge in [-0.2, -0.15) is 4.99 Å². The highest BCUT2D eigenvalue weighted by Gasteiger charge is 2.21. The van der Waals surface area contributed by atoms with Crippen molar-refractivity contribution in [2.45, 2.75) is 24.8 Å². The minimum absolute atomic E-state index is 0.0239. The van der Waals surface area contributed by atoms with Crippen molar-refractivity contribution in [2.75, 3.05) is 11.4 Å². The van der Waals surface area contributed by atoms with E-state index in [0.29, 0.717) is 23.4 Å². The van der Waals surface area contributed by atoms with Gasteiger partial charge in [0.25, 0.3) is 15.9 Å². The van der Waals surface area contributed by atoms with Gasteiger partial charge < -0.3 is 4.57 Å². The number of carbonyl (C=O) groups excluding carboxylic acids is 1. The molecule has 0 N–H and O–H groups in total. The first-order chi connectivity index (χ1) is 16.2. The van der Waals surface area contributed by atoms with Gasteiger partial charge in [-0.05, 0) is 48.9 Å². The number of carbonyl (C=O) groups is 1. The Hall–Kier alpha value is -3.37. The van der Waals surface area contributed by atoms with E-state index in [1.54, 1.807) is 34.9 Å². The van der Waals surface area contributed by atoms with Crippen LogP contribution in [0.1, 0.15) is 23.7 Å². The molecule has 10 heteroatoms. The second-order valence-corrected chi connectivity index (χ2v) is 10.5. The number of rotatable bonds is 6. The average Bonchev–Trinajstić information content (AvgIpc) is 3.16. The van der Waals surface area contributed by atoms with Crippen LogP contribution in [0.4, 0.5) is 14.5 Å². The predicted molar refractivity (Wildman–Crippen MR) is 128 cm³/mol. The summed E-state index contributed by atoms with van der Waals surface area (Å²) in [6, 6.07) is 16.1. The number of anilines is 1. The second-order valence-electron chi connectivity index (χ2n) is 7.52. The Morgan fingerprint density at radius 2 is 1.74 bits per heavy atom. The fourth-order valence-electron chi connectivity index (χ4n) is 3.50. The van der Waals surface area contributed by atoms with Crippen LogP contribution in [0.2, 0.25) is 0 Å². The summed E-state index contributed by atoms with van der Waals surface area (Å²) in [6.45, 7) is 2.30. The summed E-state index contributed by atoms with van der Waals surface area (Å²) >= 11 is 1.02. The van der Waals surface area contributed by atoms with Gasteiger partial charge in [-0.1, -0.05) is 36.5 Å². The first kappa shape index (κ1) is 23.8. The average molecular weight is 502 g/mol. The van der Waals surface area contributed by atoms with Gasteiger partial charge in [0.05, 0.1) is 20.8 Å². The van der Waals surface area contributed by atoms with Crippen LogP contribution in [0.25, 0.3) is 10.2 Å². The first-order valence-corrected chi connectivity index (χ1v) is 12.7. The summed E-state index contributed by atoms with van der Waals surface area (Å²) < 4.78 is 57.0. The fraction of sp³-hybridized carbons (Fsp3) is 0.167. The minimum atomic E-state index is -3.82. The maximum absolute atomic E-state index is 14.4. The molecule has 6 nitrogen and oxygen atoms in total. The van der Waals surface area contributed by atoms with E-state index in [0.717, 1.165) is 21.7 Å². The number of fused-ring (bicyclic) bond motifs is 1. The van der Waals surface area contributed by atoms with Crippen LogP contribution in [0.3, 0.4) is 0 Å². The lowest BCUT2D eigenvalue weighted by molar-refractivity contribution is 0.0997. The summed E-state index contributed by atoms with van der Waals surface area (Å²) in [4.78, 5) is 17.2. The molecule has 1 amide bonds. The van der Waals surface area contributed by atoms with Crippen LogP contribution in [0.15, 0.2) is 76.6 Å². The van der Waals surface area contributed by atoms with Crippen LogP contribution < -0.4 is 9.11 Å². The molecular weight excluding hydrogens is 480 g/mol. The van der Waals surface area contributed by atoms with Crippen molar-refractivity contribution in [1.29, 1.82) is 0 Å². The maximum Gasteiger partial charge on any atom is 0.279 e. The Bertz CT molecular complexity index is 1530. The number of nitrogens with zero attached hydrogens (tertiary/aromatic N) is 3. The molecule has 0 unspecified atom stereocenters. The Morgan fingerprint density at radius 1 is 1.06 bits per heavy atom. The number of halogens is 2. The number of aromatic nitrogens is 1. The smallest absolute Gasteiger partial charge is 0.279 e. The van der Waals surface area contributed by atoms with Crippen LogP contribution in [-0.2, 0) is 16.6 Å². The van der Waals surface area contributed by atoms with E-state index in [1.807, 2.05) is 6.92 Å². The monoisotopic (exact) mass is 501 g/mol. The zero-order valence-corrected chi connectivity index (χ0v) is 20.0. The summed E-state index contributed by atoms with van der Waals surface area (Å²) in [5.41, 5.74) is 0.880. The van der Waals surface area contributed by atoms with Crippen molar-refractivity contribution >= 4 is 43.2 Å². The Morgan fingerprint density at radius 3 is 2.38 bits per heavy atom. The number of sulfonamides is 1. The number of amides is 1. The van der Waals surface area contributed by atoms with Gasteiger partial charge in [0.1, 0.15) is 5.82 Å². The van der Waals surface area contributed by atoms with Crippen LogP contribution >= 0.6 is 11.3 Å². The molecule has 1 heterocycles. The van der Waals surface area contributed by atoms with E-state index in [1.165, 1.54) is 37.4 Å². The summed E-state index contributed by atoms with van der Waals surface area (Å²) in [5.74, 6) is -2.03. The van der Waals surface area contributed by atoms with Crippen LogP contribution in [0.5, 0.6) is 0 Å². The van der Waals surface area contributed by atoms with Crippen molar-refractivity contribution in [3.8, 4) is 0 Å². The third kappa shape index (κ3) is 4.51. The number of thiazole rings is 1. The van der Waals surface area contributed by atoms with E-state index in [2.05, 4.69) is 4.99 Å². The summed E-state index contributed by atoms with van der Waals surface area (Å²) in [7, 11) is -2.37. The number of hydrogen-bond donors (Lipinski definition) is 0. The van der Waals surface area contributed by atoms with E-state index < -0.39 is 27.6 Å².